The minimum Gasteiger partial charge on any atom is -0.478 e. The van der Waals surface area contributed by atoms with Crippen LogP contribution in [0.4, 0.5) is 4.39 Å². The van der Waals surface area contributed by atoms with Crippen LogP contribution in [0.2, 0.25) is 0 Å². The summed E-state index contributed by atoms with van der Waals surface area (Å²) < 4.78 is 25.0. The van der Waals surface area contributed by atoms with Crippen molar-refractivity contribution < 1.29 is 18.7 Å². The lowest BCUT2D eigenvalue weighted by Crippen LogP contribution is -2.33. The third-order valence-electron chi connectivity index (χ3n) is 5.29. The third kappa shape index (κ3) is 3.57. The number of allylic oxidation sites excluding steroid dienone is 1. The molecule has 2 aromatic carbocycles. The summed E-state index contributed by atoms with van der Waals surface area (Å²) in [5, 5.41) is 0. The van der Waals surface area contributed by atoms with Crippen LogP contribution in [0.3, 0.4) is 0 Å². The van der Waals surface area contributed by atoms with Gasteiger partial charge in [0.15, 0.2) is 5.76 Å². The molecule has 6 heteroatoms. The van der Waals surface area contributed by atoms with Gasteiger partial charge in [-0.3, -0.25) is 14.7 Å². The molecule has 5 rings (SSSR count). The highest BCUT2D eigenvalue weighted by Gasteiger charge is 2.33. The first-order chi connectivity index (χ1) is 14.7. The molecular weight excluding hydrogens is 383 g/mol. The molecule has 30 heavy (non-hydrogen) atoms. The number of carbonyl (C=O) groups excluding carboxylic acids is 1. The molecule has 0 radical (unpaired) electrons. The summed E-state index contributed by atoms with van der Waals surface area (Å²) in [7, 11) is 0. The molecule has 0 bridgehead atoms. The fraction of sp³-hybridized carbons (Fsp3) is 0.167. The van der Waals surface area contributed by atoms with E-state index >= 15 is 0 Å². The van der Waals surface area contributed by atoms with E-state index in [0.29, 0.717) is 24.6 Å². The topological polar surface area (TPSA) is 51.7 Å². The van der Waals surface area contributed by atoms with Crippen LogP contribution < -0.4 is 9.47 Å². The predicted molar refractivity (Wildman–Crippen MR) is 110 cm³/mol. The van der Waals surface area contributed by atoms with Crippen molar-refractivity contribution in [3.8, 4) is 11.5 Å². The van der Waals surface area contributed by atoms with Crippen LogP contribution in [0, 0.1) is 5.82 Å². The van der Waals surface area contributed by atoms with Gasteiger partial charge in [0.05, 0.1) is 11.1 Å². The summed E-state index contributed by atoms with van der Waals surface area (Å²) >= 11 is 0. The highest BCUT2D eigenvalue weighted by Crippen LogP contribution is 2.42. The molecule has 2 aliphatic rings. The maximum Gasteiger partial charge on any atom is 0.231 e. The molecular formula is C24H19FN2O3. The molecule has 0 aliphatic carbocycles. The van der Waals surface area contributed by atoms with Crippen LogP contribution in [0.1, 0.15) is 27.0 Å². The first-order valence-corrected chi connectivity index (χ1v) is 9.77. The quantitative estimate of drug-likeness (QED) is 0.612. The van der Waals surface area contributed by atoms with E-state index in [1.807, 2.05) is 18.2 Å². The fourth-order valence-corrected chi connectivity index (χ4v) is 3.70. The van der Waals surface area contributed by atoms with Crippen LogP contribution in [0.25, 0.3) is 6.08 Å². The normalized spacial score (nSPS) is 16.7. The van der Waals surface area contributed by atoms with Crippen molar-refractivity contribution in [1.29, 1.82) is 0 Å². The van der Waals surface area contributed by atoms with Gasteiger partial charge in [-0.25, -0.2) is 4.39 Å². The van der Waals surface area contributed by atoms with Gasteiger partial charge in [0.25, 0.3) is 0 Å². The maximum atomic E-state index is 13.1. The van der Waals surface area contributed by atoms with Gasteiger partial charge in [-0.2, -0.15) is 0 Å². The lowest BCUT2D eigenvalue weighted by Gasteiger charge is -2.29. The maximum absolute atomic E-state index is 13.1. The van der Waals surface area contributed by atoms with E-state index in [2.05, 4.69) is 9.88 Å². The van der Waals surface area contributed by atoms with Crippen LogP contribution in [0.5, 0.6) is 11.5 Å². The van der Waals surface area contributed by atoms with Gasteiger partial charge in [0.1, 0.15) is 24.0 Å². The number of aromatic nitrogens is 1. The summed E-state index contributed by atoms with van der Waals surface area (Å²) in [4.78, 5) is 19.0. The Morgan fingerprint density at radius 3 is 2.80 bits per heavy atom. The summed E-state index contributed by atoms with van der Waals surface area (Å²) in [5.74, 6) is 1.22. The van der Waals surface area contributed by atoms with E-state index in [0.717, 1.165) is 35.4 Å². The van der Waals surface area contributed by atoms with E-state index in [4.69, 9.17) is 9.47 Å². The molecule has 0 saturated heterocycles. The number of nitrogens with zero attached hydrogens (tertiary/aromatic N) is 2. The Morgan fingerprint density at radius 2 is 2.00 bits per heavy atom. The second-order valence-corrected chi connectivity index (χ2v) is 7.35. The summed E-state index contributed by atoms with van der Waals surface area (Å²) in [5.41, 5.74) is 3.29. The van der Waals surface area contributed by atoms with E-state index in [-0.39, 0.29) is 17.4 Å². The average Bonchev–Trinajstić information content (AvgIpc) is 3.10. The first-order valence-electron chi connectivity index (χ1n) is 9.77. The Kier molecular flexibility index (Phi) is 4.77. The Labute approximate surface area is 173 Å². The van der Waals surface area contributed by atoms with Crippen molar-refractivity contribution in [1.82, 2.24) is 9.88 Å². The number of halogens is 1. The van der Waals surface area contributed by atoms with E-state index < -0.39 is 0 Å². The van der Waals surface area contributed by atoms with Gasteiger partial charge in [-0.05, 0) is 54.0 Å². The van der Waals surface area contributed by atoms with Crippen molar-refractivity contribution in [3.63, 3.8) is 0 Å². The molecule has 0 N–H and O–H groups in total. The highest BCUT2D eigenvalue weighted by molar-refractivity contribution is 6.15. The van der Waals surface area contributed by atoms with E-state index in [9.17, 15) is 9.18 Å². The number of ether oxygens (including phenoxy) is 2. The van der Waals surface area contributed by atoms with Crippen molar-refractivity contribution >= 4 is 11.9 Å². The molecule has 0 atom stereocenters. The Hall–Kier alpha value is -3.51. The lowest BCUT2D eigenvalue weighted by molar-refractivity contribution is 0.0949. The average molecular weight is 402 g/mol. The molecule has 0 fully saturated rings. The first kappa shape index (κ1) is 18.5. The minimum absolute atomic E-state index is 0.139. The Balaban J connectivity index is 1.35. The second kappa shape index (κ2) is 7.72. The van der Waals surface area contributed by atoms with Crippen molar-refractivity contribution in [3.05, 3.63) is 94.8 Å². The molecule has 0 saturated carbocycles. The number of ketones is 1. The zero-order valence-corrected chi connectivity index (χ0v) is 16.2. The van der Waals surface area contributed by atoms with Crippen LogP contribution in [-0.2, 0) is 13.0 Å². The van der Waals surface area contributed by atoms with Gasteiger partial charge >= 0.3 is 0 Å². The van der Waals surface area contributed by atoms with Gasteiger partial charge in [0, 0.05) is 25.5 Å². The van der Waals surface area contributed by atoms with Crippen molar-refractivity contribution in [2.45, 2.75) is 13.0 Å². The summed E-state index contributed by atoms with van der Waals surface area (Å²) in [6.07, 6.45) is 5.85. The third-order valence-corrected chi connectivity index (χ3v) is 5.29. The molecule has 0 unspecified atom stereocenters. The largest absolute Gasteiger partial charge is 0.478 e. The highest BCUT2D eigenvalue weighted by atomic mass is 19.1. The molecule has 0 amide bonds. The summed E-state index contributed by atoms with van der Waals surface area (Å²) in [6, 6.07) is 13.8. The van der Waals surface area contributed by atoms with E-state index in [1.54, 1.807) is 36.7 Å². The monoisotopic (exact) mass is 402 g/mol. The molecule has 3 aromatic rings. The van der Waals surface area contributed by atoms with Gasteiger partial charge < -0.3 is 9.47 Å². The minimum atomic E-state index is -0.235. The number of hydrogen-bond acceptors (Lipinski definition) is 5. The fourth-order valence-electron chi connectivity index (χ4n) is 3.70. The molecule has 5 nitrogen and oxygen atoms in total. The Bertz CT molecular complexity index is 1130. The standard InChI is InChI=1S/C24H19FN2O3/c25-18-5-3-16(4-6-18)9-11-27-14-20-21(29-15-27)8-7-19-23(28)22(30-24(19)20)12-17-2-1-10-26-13-17/h1-8,10,12-13H,9,11,14-15H2. The van der Waals surface area contributed by atoms with Gasteiger partial charge in [0.2, 0.25) is 5.78 Å². The Morgan fingerprint density at radius 1 is 1.13 bits per heavy atom. The van der Waals surface area contributed by atoms with Gasteiger partial charge in [-0.1, -0.05) is 18.2 Å². The predicted octanol–water partition coefficient (Wildman–Crippen LogP) is 4.23. The molecule has 2 aliphatic heterocycles. The second-order valence-electron chi connectivity index (χ2n) is 7.35. The molecule has 150 valence electrons. The van der Waals surface area contributed by atoms with Crippen LogP contribution in [0.15, 0.2) is 66.7 Å². The zero-order valence-electron chi connectivity index (χ0n) is 16.2. The van der Waals surface area contributed by atoms with Crippen LogP contribution in [-0.4, -0.2) is 28.9 Å². The SMILES string of the molecule is O=C1C(=Cc2cccnc2)Oc2c1ccc1c2CN(CCc2ccc(F)cc2)CO1. The van der Waals surface area contributed by atoms with Crippen LogP contribution >= 0.6 is 0 Å². The van der Waals surface area contributed by atoms with Crippen molar-refractivity contribution in [2.24, 2.45) is 0 Å². The number of carbonyl (C=O) groups is 1. The van der Waals surface area contributed by atoms with E-state index in [1.165, 1.54) is 12.1 Å². The molecule has 1 aromatic heterocycles. The molecule has 3 heterocycles. The zero-order chi connectivity index (χ0) is 20.5. The smallest absolute Gasteiger partial charge is 0.231 e. The number of Topliss-reactive ketones (excluding diaryl/α,β-unsaturated/α-hetero) is 1. The lowest BCUT2D eigenvalue weighted by atomic mass is 10.0. The molecule has 0 spiro atoms. The number of hydrogen-bond donors (Lipinski definition) is 0. The number of pyridine rings is 1. The summed E-state index contributed by atoms with van der Waals surface area (Å²) in [6.45, 7) is 1.83. The van der Waals surface area contributed by atoms with Crippen molar-refractivity contribution in [2.75, 3.05) is 13.3 Å². The number of fused-ring (bicyclic) bond motifs is 3. The number of rotatable bonds is 4. The van der Waals surface area contributed by atoms with Gasteiger partial charge in [-0.15, -0.1) is 0 Å². The number of benzene rings is 2.